The molecule has 0 atom stereocenters. The molecular weight excluding hydrogens is 362 g/mol. The second-order valence-electron chi connectivity index (χ2n) is 6.96. The van der Waals surface area contributed by atoms with Crippen LogP contribution in [0.2, 0.25) is 0 Å². The quantitative estimate of drug-likeness (QED) is 0.745. The Hall–Kier alpha value is -3.42. The molecule has 0 fully saturated rings. The molecule has 3 N–H and O–H groups in total. The van der Waals surface area contributed by atoms with E-state index in [-0.39, 0.29) is 12.5 Å². The Labute approximate surface area is 163 Å². The number of carbonyl (C=O) groups excluding carboxylic acids is 2. The van der Waals surface area contributed by atoms with Gasteiger partial charge in [0.1, 0.15) is 12.4 Å². The van der Waals surface area contributed by atoms with Crippen LogP contribution in [0.5, 0.6) is 17.2 Å². The molecule has 28 heavy (non-hydrogen) atoms. The van der Waals surface area contributed by atoms with Gasteiger partial charge < -0.3 is 30.2 Å². The number of methoxy groups -OCH3 is 2. The van der Waals surface area contributed by atoms with Gasteiger partial charge in [-0.25, -0.2) is 4.79 Å². The molecule has 1 aliphatic rings. The van der Waals surface area contributed by atoms with Crippen molar-refractivity contribution < 1.29 is 23.8 Å². The molecule has 0 bridgehead atoms. The monoisotopic (exact) mass is 385 g/mol. The van der Waals surface area contributed by atoms with E-state index in [1.807, 2.05) is 13.8 Å². The lowest BCUT2D eigenvalue weighted by Gasteiger charge is -2.18. The molecule has 0 radical (unpaired) electrons. The number of anilines is 3. The van der Waals surface area contributed by atoms with Gasteiger partial charge in [-0.2, -0.15) is 0 Å². The summed E-state index contributed by atoms with van der Waals surface area (Å²) in [6, 6.07) is 9.77. The van der Waals surface area contributed by atoms with Crippen molar-refractivity contribution in [2.75, 3.05) is 36.8 Å². The fourth-order valence-corrected chi connectivity index (χ4v) is 2.72. The van der Waals surface area contributed by atoms with Crippen LogP contribution in [-0.4, -0.2) is 32.8 Å². The topological polar surface area (TPSA) is 97.9 Å². The lowest BCUT2D eigenvalue weighted by atomic mass is 9.94. The number of fused-ring (bicyclic) bond motifs is 1. The van der Waals surface area contributed by atoms with Gasteiger partial charge in [0.05, 0.1) is 31.0 Å². The summed E-state index contributed by atoms with van der Waals surface area (Å²) in [5.74, 6) is 1.34. The Morgan fingerprint density at radius 3 is 2.64 bits per heavy atom. The van der Waals surface area contributed by atoms with Crippen LogP contribution in [0.25, 0.3) is 0 Å². The molecule has 0 saturated carbocycles. The van der Waals surface area contributed by atoms with E-state index in [1.54, 1.807) is 36.4 Å². The number of para-hydroxylation sites is 1. The van der Waals surface area contributed by atoms with Crippen molar-refractivity contribution >= 4 is 29.0 Å². The highest BCUT2D eigenvalue weighted by Gasteiger charge is 2.32. The van der Waals surface area contributed by atoms with Gasteiger partial charge in [-0.1, -0.05) is 6.07 Å². The third-order valence-corrected chi connectivity index (χ3v) is 4.34. The first-order valence-corrected chi connectivity index (χ1v) is 8.71. The van der Waals surface area contributed by atoms with Crippen molar-refractivity contribution in [1.29, 1.82) is 0 Å². The molecule has 1 heterocycles. The van der Waals surface area contributed by atoms with Crippen molar-refractivity contribution in [3.05, 3.63) is 36.4 Å². The fourth-order valence-electron chi connectivity index (χ4n) is 2.72. The lowest BCUT2D eigenvalue weighted by Crippen LogP contribution is -2.33. The van der Waals surface area contributed by atoms with Gasteiger partial charge in [0.15, 0.2) is 11.5 Å². The zero-order valence-electron chi connectivity index (χ0n) is 16.2. The van der Waals surface area contributed by atoms with Crippen molar-refractivity contribution in [2.24, 2.45) is 5.41 Å². The molecule has 0 saturated heterocycles. The highest BCUT2D eigenvalue weighted by molar-refractivity contribution is 6.02. The second kappa shape index (κ2) is 7.67. The molecule has 148 valence electrons. The van der Waals surface area contributed by atoms with Gasteiger partial charge in [-0.05, 0) is 44.2 Å². The Morgan fingerprint density at radius 2 is 1.93 bits per heavy atom. The van der Waals surface area contributed by atoms with E-state index in [2.05, 4.69) is 16.0 Å². The molecule has 2 aromatic carbocycles. The van der Waals surface area contributed by atoms with Crippen molar-refractivity contribution in [3.8, 4) is 17.2 Å². The molecule has 2 aromatic rings. The Kier molecular flexibility index (Phi) is 5.30. The first kappa shape index (κ1) is 19.3. The summed E-state index contributed by atoms with van der Waals surface area (Å²) in [6.07, 6.45) is 0. The number of carbonyl (C=O) groups is 2. The molecule has 0 aliphatic carbocycles. The number of hydrogen-bond donors (Lipinski definition) is 3. The first-order valence-electron chi connectivity index (χ1n) is 8.71. The second-order valence-corrected chi connectivity index (χ2v) is 6.96. The van der Waals surface area contributed by atoms with E-state index in [4.69, 9.17) is 14.2 Å². The zero-order valence-corrected chi connectivity index (χ0v) is 16.2. The van der Waals surface area contributed by atoms with Gasteiger partial charge in [0.25, 0.3) is 0 Å². The van der Waals surface area contributed by atoms with Crippen molar-refractivity contribution in [2.45, 2.75) is 13.8 Å². The van der Waals surface area contributed by atoms with E-state index < -0.39 is 11.4 Å². The van der Waals surface area contributed by atoms with E-state index >= 15 is 0 Å². The van der Waals surface area contributed by atoms with E-state index in [1.165, 1.54) is 14.2 Å². The summed E-state index contributed by atoms with van der Waals surface area (Å²) < 4.78 is 16.2. The van der Waals surface area contributed by atoms with E-state index in [9.17, 15) is 9.59 Å². The van der Waals surface area contributed by atoms with Gasteiger partial charge in [0.2, 0.25) is 5.91 Å². The number of urea groups is 1. The van der Waals surface area contributed by atoms with Crippen LogP contribution in [-0.2, 0) is 4.79 Å². The van der Waals surface area contributed by atoms with Gasteiger partial charge >= 0.3 is 6.03 Å². The highest BCUT2D eigenvalue weighted by Crippen LogP contribution is 2.36. The zero-order chi connectivity index (χ0) is 20.3. The fraction of sp³-hybridized carbons (Fsp3) is 0.300. The number of hydrogen-bond acceptors (Lipinski definition) is 5. The minimum Gasteiger partial charge on any atom is -0.493 e. The largest absolute Gasteiger partial charge is 0.493 e. The molecular formula is C20H23N3O5. The minimum atomic E-state index is -0.646. The number of benzene rings is 2. The highest BCUT2D eigenvalue weighted by atomic mass is 16.5. The molecule has 3 rings (SSSR count). The van der Waals surface area contributed by atoms with Crippen LogP contribution >= 0.6 is 0 Å². The Balaban J connectivity index is 1.75. The van der Waals surface area contributed by atoms with E-state index in [0.717, 1.165) is 0 Å². The van der Waals surface area contributed by atoms with Gasteiger partial charge in [-0.15, -0.1) is 0 Å². The van der Waals surface area contributed by atoms with Crippen molar-refractivity contribution in [1.82, 2.24) is 0 Å². The van der Waals surface area contributed by atoms with Crippen LogP contribution in [0, 0.1) is 5.41 Å². The van der Waals surface area contributed by atoms with E-state index in [0.29, 0.717) is 34.3 Å². The number of amides is 3. The third kappa shape index (κ3) is 3.95. The Morgan fingerprint density at radius 1 is 1.14 bits per heavy atom. The van der Waals surface area contributed by atoms with Crippen molar-refractivity contribution in [3.63, 3.8) is 0 Å². The van der Waals surface area contributed by atoms with Crippen LogP contribution < -0.4 is 30.2 Å². The van der Waals surface area contributed by atoms with Gasteiger partial charge in [-0.3, -0.25) is 4.79 Å². The average Bonchev–Trinajstić information content (AvgIpc) is 2.77. The summed E-state index contributed by atoms with van der Waals surface area (Å²) in [6.45, 7) is 3.89. The molecule has 8 heteroatoms. The summed E-state index contributed by atoms with van der Waals surface area (Å²) in [5.41, 5.74) is 0.828. The maximum atomic E-state index is 12.4. The SMILES string of the molecule is COc1cccc(NC(=O)Nc2ccc3c(c2)NC(=O)C(C)(C)CO3)c1OC. The summed E-state index contributed by atoms with van der Waals surface area (Å²) >= 11 is 0. The molecule has 1 aliphatic heterocycles. The summed E-state index contributed by atoms with van der Waals surface area (Å²) in [7, 11) is 3.02. The standard InChI is InChI=1S/C20H23N3O5/c1-20(2)11-28-15-9-8-12(10-14(15)22-18(20)24)21-19(25)23-13-6-5-7-16(26-3)17(13)27-4/h5-10H,11H2,1-4H3,(H,22,24)(H2,21,23,25). The third-order valence-electron chi connectivity index (χ3n) is 4.34. The van der Waals surface area contributed by atoms with Gasteiger partial charge in [0, 0.05) is 5.69 Å². The summed E-state index contributed by atoms with van der Waals surface area (Å²) in [4.78, 5) is 24.7. The number of ether oxygens (including phenoxy) is 3. The number of nitrogens with one attached hydrogen (secondary N) is 3. The predicted molar refractivity (Wildman–Crippen MR) is 107 cm³/mol. The van der Waals surface area contributed by atoms with Crippen LogP contribution in [0.1, 0.15) is 13.8 Å². The average molecular weight is 385 g/mol. The van der Waals surface area contributed by atoms with Crippen LogP contribution in [0.15, 0.2) is 36.4 Å². The molecule has 0 spiro atoms. The normalized spacial score (nSPS) is 14.6. The summed E-state index contributed by atoms with van der Waals surface area (Å²) in [5, 5.41) is 8.29. The maximum absolute atomic E-state index is 12.4. The molecule has 3 amide bonds. The predicted octanol–water partition coefficient (Wildman–Crippen LogP) is 3.70. The maximum Gasteiger partial charge on any atom is 0.323 e. The van der Waals surface area contributed by atoms with Crippen LogP contribution in [0.3, 0.4) is 0 Å². The molecule has 0 aromatic heterocycles. The minimum absolute atomic E-state index is 0.144. The number of rotatable bonds is 4. The molecule has 0 unspecified atom stereocenters. The van der Waals surface area contributed by atoms with Crippen LogP contribution in [0.4, 0.5) is 21.9 Å². The smallest absolute Gasteiger partial charge is 0.323 e. The lowest BCUT2D eigenvalue weighted by molar-refractivity contribution is -0.124. The first-order chi connectivity index (χ1) is 13.3. The molecule has 8 nitrogen and oxygen atoms in total. The Bertz CT molecular complexity index is 911.